The number of piperidine rings is 1. The number of hydrogen-bond donors (Lipinski definition) is 1. The van der Waals surface area contributed by atoms with E-state index in [-0.39, 0.29) is 10.6 Å². The maximum absolute atomic E-state index is 10.8. The Morgan fingerprint density at radius 2 is 2.06 bits per heavy atom. The van der Waals surface area contributed by atoms with Crippen molar-refractivity contribution in [3.05, 3.63) is 33.9 Å². The summed E-state index contributed by atoms with van der Waals surface area (Å²) in [6.07, 6.45) is 3.69. The first-order valence-electron chi connectivity index (χ1n) is 6.39. The monoisotopic (exact) mass is 249 g/mol. The van der Waals surface area contributed by atoms with Crippen LogP contribution in [0.3, 0.4) is 0 Å². The maximum Gasteiger partial charge on any atom is 0.269 e. The van der Waals surface area contributed by atoms with Crippen molar-refractivity contribution < 1.29 is 4.92 Å². The van der Waals surface area contributed by atoms with Crippen LogP contribution < -0.4 is 10.2 Å². The molecule has 0 aliphatic carbocycles. The molecule has 0 radical (unpaired) electrons. The van der Waals surface area contributed by atoms with Gasteiger partial charge in [-0.2, -0.15) is 0 Å². The number of nitro groups is 1. The van der Waals surface area contributed by atoms with Crippen LogP contribution in [0.2, 0.25) is 0 Å². The average molecular weight is 249 g/mol. The average Bonchev–Trinajstić information content (AvgIpc) is 2.40. The fourth-order valence-electron chi connectivity index (χ4n) is 2.46. The molecule has 0 spiro atoms. The molecule has 0 bridgehead atoms. The maximum atomic E-state index is 10.8. The zero-order valence-electron chi connectivity index (χ0n) is 10.7. The van der Waals surface area contributed by atoms with Gasteiger partial charge in [0.05, 0.1) is 4.92 Å². The van der Waals surface area contributed by atoms with E-state index in [0.29, 0.717) is 6.54 Å². The Hall–Kier alpha value is -1.62. The van der Waals surface area contributed by atoms with Crippen molar-refractivity contribution in [1.29, 1.82) is 0 Å². The van der Waals surface area contributed by atoms with Gasteiger partial charge in [-0.15, -0.1) is 0 Å². The smallest absolute Gasteiger partial charge is 0.269 e. The van der Waals surface area contributed by atoms with Gasteiger partial charge in [0.25, 0.3) is 5.69 Å². The summed E-state index contributed by atoms with van der Waals surface area (Å²) in [5.74, 6) is 0. The predicted molar refractivity (Wildman–Crippen MR) is 71.9 cm³/mol. The van der Waals surface area contributed by atoms with E-state index < -0.39 is 0 Å². The van der Waals surface area contributed by atoms with Gasteiger partial charge in [0, 0.05) is 37.5 Å². The number of benzene rings is 1. The van der Waals surface area contributed by atoms with Crippen LogP contribution >= 0.6 is 0 Å². The van der Waals surface area contributed by atoms with Crippen molar-refractivity contribution in [1.82, 2.24) is 5.32 Å². The molecule has 1 aliphatic rings. The summed E-state index contributed by atoms with van der Waals surface area (Å²) in [6.45, 7) is 2.76. The number of rotatable bonds is 4. The number of non-ortho nitro benzene ring substituents is 1. The molecule has 1 saturated heterocycles. The molecule has 0 amide bonds. The molecule has 1 aromatic rings. The molecule has 1 fully saturated rings. The van der Waals surface area contributed by atoms with E-state index in [1.165, 1.54) is 19.3 Å². The Balaban J connectivity index is 2.29. The van der Waals surface area contributed by atoms with Crippen LogP contribution in [0.1, 0.15) is 24.8 Å². The molecule has 0 unspecified atom stereocenters. The van der Waals surface area contributed by atoms with Crippen LogP contribution in [0.15, 0.2) is 18.2 Å². The highest BCUT2D eigenvalue weighted by Gasteiger charge is 2.17. The highest BCUT2D eigenvalue weighted by atomic mass is 16.6. The summed E-state index contributed by atoms with van der Waals surface area (Å²) in [7, 11) is 1.86. The lowest BCUT2D eigenvalue weighted by Gasteiger charge is -2.30. The number of nitrogens with one attached hydrogen (secondary N) is 1. The number of anilines is 1. The normalized spacial score (nSPS) is 15.7. The summed E-state index contributed by atoms with van der Waals surface area (Å²) in [5.41, 5.74) is 2.31. The van der Waals surface area contributed by atoms with Gasteiger partial charge < -0.3 is 10.2 Å². The first-order valence-corrected chi connectivity index (χ1v) is 6.39. The Morgan fingerprint density at radius 3 is 2.67 bits per heavy atom. The number of nitrogens with zero attached hydrogens (tertiary/aromatic N) is 2. The van der Waals surface area contributed by atoms with Crippen molar-refractivity contribution in [2.75, 3.05) is 25.0 Å². The van der Waals surface area contributed by atoms with Crippen molar-refractivity contribution in [3.63, 3.8) is 0 Å². The second kappa shape index (κ2) is 5.82. The summed E-state index contributed by atoms with van der Waals surface area (Å²) in [5, 5.41) is 13.9. The van der Waals surface area contributed by atoms with Crippen molar-refractivity contribution in [2.45, 2.75) is 25.8 Å². The van der Waals surface area contributed by atoms with Gasteiger partial charge in [0.1, 0.15) is 0 Å². The first-order chi connectivity index (χ1) is 8.72. The number of nitro benzene ring substituents is 1. The van der Waals surface area contributed by atoms with Gasteiger partial charge in [-0.1, -0.05) is 0 Å². The van der Waals surface area contributed by atoms with Gasteiger partial charge >= 0.3 is 0 Å². The Labute approximate surface area is 107 Å². The molecule has 1 heterocycles. The molecular weight excluding hydrogens is 230 g/mol. The van der Waals surface area contributed by atoms with Crippen LogP contribution in [0.4, 0.5) is 11.4 Å². The van der Waals surface area contributed by atoms with Crippen LogP contribution in [0, 0.1) is 10.1 Å². The first kappa shape index (κ1) is 12.8. The standard InChI is InChI=1S/C13H19N3O2/c1-14-10-11-9-12(16(17)18)5-6-13(11)15-7-3-2-4-8-15/h5-6,9,14H,2-4,7-8,10H2,1H3. The van der Waals surface area contributed by atoms with Crippen molar-refractivity contribution >= 4 is 11.4 Å². The van der Waals surface area contributed by atoms with Gasteiger partial charge in [-0.3, -0.25) is 10.1 Å². The van der Waals surface area contributed by atoms with E-state index in [2.05, 4.69) is 10.2 Å². The molecule has 2 rings (SSSR count). The van der Waals surface area contributed by atoms with Gasteiger partial charge in [-0.05, 0) is 37.9 Å². The molecule has 5 heteroatoms. The Bertz CT molecular complexity index is 428. The van der Waals surface area contributed by atoms with Gasteiger partial charge in [-0.25, -0.2) is 0 Å². The van der Waals surface area contributed by atoms with Crippen LogP contribution in [0.5, 0.6) is 0 Å². The molecule has 98 valence electrons. The molecule has 1 N–H and O–H groups in total. The molecule has 18 heavy (non-hydrogen) atoms. The molecule has 5 nitrogen and oxygen atoms in total. The fourth-order valence-corrected chi connectivity index (χ4v) is 2.46. The summed E-state index contributed by atoms with van der Waals surface area (Å²) < 4.78 is 0. The molecule has 0 atom stereocenters. The summed E-state index contributed by atoms with van der Waals surface area (Å²) in [6, 6.07) is 5.17. The van der Waals surface area contributed by atoms with E-state index >= 15 is 0 Å². The third-order valence-electron chi connectivity index (χ3n) is 3.34. The SMILES string of the molecule is CNCc1cc([N+](=O)[O-])ccc1N1CCCCC1. The van der Waals surface area contributed by atoms with Crippen LogP contribution in [0.25, 0.3) is 0 Å². The molecule has 0 aromatic heterocycles. The molecule has 1 aromatic carbocycles. The molecule has 0 saturated carbocycles. The lowest BCUT2D eigenvalue weighted by Crippen LogP contribution is -2.30. The second-order valence-electron chi connectivity index (χ2n) is 4.65. The quantitative estimate of drug-likeness (QED) is 0.657. The topological polar surface area (TPSA) is 58.4 Å². The highest BCUT2D eigenvalue weighted by Crippen LogP contribution is 2.27. The lowest BCUT2D eigenvalue weighted by molar-refractivity contribution is -0.384. The van der Waals surface area contributed by atoms with Crippen LogP contribution in [-0.2, 0) is 6.54 Å². The predicted octanol–water partition coefficient (Wildman–Crippen LogP) is 2.30. The largest absolute Gasteiger partial charge is 0.371 e. The lowest BCUT2D eigenvalue weighted by atomic mass is 10.1. The third kappa shape index (κ3) is 2.79. The second-order valence-corrected chi connectivity index (χ2v) is 4.65. The van der Waals surface area contributed by atoms with Crippen molar-refractivity contribution in [3.8, 4) is 0 Å². The minimum Gasteiger partial charge on any atom is -0.371 e. The van der Waals surface area contributed by atoms with E-state index in [0.717, 1.165) is 24.3 Å². The fraction of sp³-hybridized carbons (Fsp3) is 0.538. The molecule has 1 aliphatic heterocycles. The zero-order chi connectivity index (χ0) is 13.0. The Kier molecular flexibility index (Phi) is 4.15. The minimum atomic E-state index is -0.334. The zero-order valence-corrected chi connectivity index (χ0v) is 10.7. The number of hydrogen-bond acceptors (Lipinski definition) is 4. The molecular formula is C13H19N3O2. The van der Waals surface area contributed by atoms with E-state index in [1.807, 2.05) is 13.1 Å². The van der Waals surface area contributed by atoms with Gasteiger partial charge in [0.15, 0.2) is 0 Å². The summed E-state index contributed by atoms with van der Waals surface area (Å²) in [4.78, 5) is 12.8. The summed E-state index contributed by atoms with van der Waals surface area (Å²) >= 11 is 0. The van der Waals surface area contributed by atoms with E-state index in [1.54, 1.807) is 12.1 Å². The Morgan fingerprint density at radius 1 is 1.33 bits per heavy atom. The third-order valence-corrected chi connectivity index (χ3v) is 3.34. The minimum absolute atomic E-state index is 0.168. The van der Waals surface area contributed by atoms with Crippen molar-refractivity contribution in [2.24, 2.45) is 0 Å². The van der Waals surface area contributed by atoms with Crippen LogP contribution in [-0.4, -0.2) is 25.1 Å². The van der Waals surface area contributed by atoms with Gasteiger partial charge in [0.2, 0.25) is 0 Å². The van der Waals surface area contributed by atoms with E-state index in [9.17, 15) is 10.1 Å². The highest BCUT2D eigenvalue weighted by molar-refractivity contribution is 5.58. The van der Waals surface area contributed by atoms with E-state index in [4.69, 9.17) is 0 Å².